The van der Waals surface area contributed by atoms with Crippen molar-refractivity contribution in [1.29, 1.82) is 0 Å². The topological polar surface area (TPSA) is 8.17 Å². The lowest BCUT2D eigenvalue weighted by Crippen LogP contribution is -2.09. The number of nitrogens with zero attached hydrogens (tertiary/aromatic N) is 2. The standard InChI is InChI=1S/C58H38N2/c1-2-14-48(15-3-1)60-57-38-46(27-33-55(57)56-34-26-43-12-7-9-17-54(43)58(56)60)41-24-30-50(31-25-41)59(51-32-35-53-47(37-51)21-19-42-11-6-8-16-52(42)53)49-28-22-40(23-29-49)45-20-18-39-10-4-5-13-44(39)36-45/h1-38H. The molecule has 0 aliphatic rings. The maximum Gasteiger partial charge on any atom is 0.0619 e. The predicted octanol–water partition coefficient (Wildman–Crippen LogP) is 16.2. The number of para-hydroxylation sites is 1. The Morgan fingerprint density at radius 3 is 1.50 bits per heavy atom. The minimum absolute atomic E-state index is 1.10. The fourth-order valence-corrected chi connectivity index (χ4v) is 9.36. The molecule has 1 heterocycles. The Bertz CT molecular complexity index is 3580. The zero-order chi connectivity index (χ0) is 39.6. The minimum Gasteiger partial charge on any atom is -0.310 e. The molecule has 0 spiro atoms. The second kappa shape index (κ2) is 13.9. The van der Waals surface area contributed by atoms with Gasteiger partial charge in [-0.25, -0.2) is 0 Å². The lowest BCUT2D eigenvalue weighted by molar-refractivity contribution is 1.19. The molecule has 0 atom stereocenters. The van der Waals surface area contributed by atoms with E-state index in [0.717, 1.165) is 22.7 Å². The third-order valence-electron chi connectivity index (χ3n) is 12.3. The largest absolute Gasteiger partial charge is 0.310 e. The summed E-state index contributed by atoms with van der Waals surface area (Å²) in [7, 11) is 0. The summed E-state index contributed by atoms with van der Waals surface area (Å²) in [6, 6.07) is 84.3. The third kappa shape index (κ3) is 5.65. The van der Waals surface area contributed by atoms with Gasteiger partial charge in [-0.15, -0.1) is 0 Å². The van der Waals surface area contributed by atoms with Gasteiger partial charge in [-0.3, -0.25) is 0 Å². The van der Waals surface area contributed by atoms with Crippen molar-refractivity contribution < 1.29 is 0 Å². The molecule has 0 amide bonds. The summed E-state index contributed by atoms with van der Waals surface area (Å²) in [6.45, 7) is 0. The van der Waals surface area contributed by atoms with Crippen LogP contribution in [0.15, 0.2) is 231 Å². The summed E-state index contributed by atoms with van der Waals surface area (Å²) >= 11 is 0. The van der Waals surface area contributed by atoms with Gasteiger partial charge in [-0.1, -0.05) is 170 Å². The van der Waals surface area contributed by atoms with Crippen molar-refractivity contribution in [2.24, 2.45) is 0 Å². The minimum atomic E-state index is 1.10. The average Bonchev–Trinajstić information content (AvgIpc) is 3.66. The molecule has 0 N–H and O–H groups in total. The Morgan fingerprint density at radius 1 is 0.267 bits per heavy atom. The van der Waals surface area contributed by atoms with Gasteiger partial charge in [-0.2, -0.15) is 0 Å². The molecule has 12 rings (SSSR count). The molecule has 0 fully saturated rings. The molecule has 0 bridgehead atoms. The molecule has 0 saturated heterocycles. The summed E-state index contributed by atoms with van der Waals surface area (Å²) in [5.74, 6) is 0. The quantitative estimate of drug-likeness (QED) is 0.153. The van der Waals surface area contributed by atoms with Gasteiger partial charge in [0.25, 0.3) is 0 Å². The molecule has 0 aliphatic heterocycles. The van der Waals surface area contributed by atoms with Gasteiger partial charge in [0, 0.05) is 38.9 Å². The van der Waals surface area contributed by atoms with Crippen molar-refractivity contribution >= 4 is 82.0 Å². The highest BCUT2D eigenvalue weighted by atomic mass is 15.1. The summed E-state index contributed by atoms with van der Waals surface area (Å²) in [6.07, 6.45) is 0. The Morgan fingerprint density at radius 2 is 0.750 bits per heavy atom. The first-order chi connectivity index (χ1) is 29.7. The van der Waals surface area contributed by atoms with E-state index in [9.17, 15) is 0 Å². The normalized spacial score (nSPS) is 11.7. The van der Waals surface area contributed by atoms with E-state index >= 15 is 0 Å². The maximum absolute atomic E-state index is 2.44. The van der Waals surface area contributed by atoms with Crippen molar-refractivity contribution in [3.8, 4) is 27.9 Å². The highest BCUT2D eigenvalue weighted by molar-refractivity contribution is 6.19. The van der Waals surface area contributed by atoms with E-state index in [2.05, 4.69) is 240 Å². The van der Waals surface area contributed by atoms with Crippen molar-refractivity contribution in [3.05, 3.63) is 231 Å². The molecule has 0 saturated carbocycles. The zero-order valence-electron chi connectivity index (χ0n) is 32.8. The first-order valence-electron chi connectivity index (χ1n) is 20.7. The van der Waals surface area contributed by atoms with E-state index in [1.807, 2.05) is 0 Å². The van der Waals surface area contributed by atoms with Gasteiger partial charge in [0.1, 0.15) is 0 Å². The van der Waals surface area contributed by atoms with Crippen LogP contribution >= 0.6 is 0 Å². The lowest BCUT2D eigenvalue weighted by atomic mass is 9.99. The van der Waals surface area contributed by atoms with E-state index < -0.39 is 0 Å². The van der Waals surface area contributed by atoms with Crippen LogP contribution in [0.1, 0.15) is 0 Å². The summed E-state index contributed by atoms with van der Waals surface area (Å²) in [5.41, 5.74) is 11.7. The van der Waals surface area contributed by atoms with E-state index in [0.29, 0.717) is 0 Å². The Balaban J connectivity index is 0.974. The average molecular weight is 763 g/mol. The van der Waals surface area contributed by atoms with Crippen molar-refractivity contribution in [3.63, 3.8) is 0 Å². The Hall–Kier alpha value is -7.94. The molecule has 60 heavy (non-hydrogen) atoms. The zero-order valence-corrected chi connectivity index (χ0v) is 32.8. The molecule has 280 valence electrons. The van der Waals surface area contributed by atoms with Crippen LogP contribution in [-0.2, 0) is 0 Å². The highest BCUT2D eigenvalue weighted by Crippen LogP contribution is 2.41. The molecule has 0 radical (unpaired) electrons. The summed E-state index contributed by atoms with van der Waals surface area (Å²) in [4.78, 5) is 2.38. The number of anilines is 3. The summed E-state index contributed by atoms with van der Waals surface area (Å²) < 4.78 is 2.44. The molecular weight excluding hydrogens is 725 g/mol. The fourth-order valence-electron chi connectivity index (χ4n) is 9.36. The number of aromatic nitrogens is 1. The number of benzene rings is 11. The van der Waals surface area contributed by atoms with Gasteiger partial charge >= 0.3 is 0 Å². The second-order valence-corrected chi connectivity index (χ2v) is 15.8. The molecule has 0 aliphatic carbocycles. The molecule has 2 nitrogen and oxygen atoms in total. The molecule has 0 unspecified atom stereocenters. The lowest BCUT2D eigenvalue weighted by Gasteiger charge is -2.26. The second-order valence-electron chi connectivity index (χ2n) is 15.8. The van der Waals surface area contributed by atoms with Crippen LogP contribution in [0.2, 0.25) is 0 Å². The Labute approximate surface area is 348 Å². The van der Waals surface area contributed by atoms with Crippen LogP contribution in [0.5, 0.6) is 0 Å². The molecule has 1 aromatic heterocycles. The van der Waals surface area contributed by atoms with Crippen LogP contribution in [0, 0.1) is 0 Å². The van der Waals surface area contributed by atoms with Crippen LogP contribution in [0.4, 0.5) is 17.1 Å². The van der Waals surface area contributed by atoms with E-state index in [-0.39, 0.29) is 0 Å². The van der Waals surface area contributed by atoms with Gasteiger partial charge in [-0.05, 0) is 121 Å². The van der Waals surface area contributed by atoms with Gasteiger partial charge < -0.3 is 9.47 Å². The van der Waals surface area contributed by atoms with Crippen molar-refractivity contribution in [1.82, 2.24) is 4.57 Å². The Kier molecular flexibility index (Phi) is 7.89. The van der Waals surface area contributed by atoms with Gasteiger partial charge in [0.05, 0.1) is 11.0 Å². The van der Waals surface area contributed by atoms with E-state index in [4.69, 9.17) is 0 Å². The SMILES string of the molecule is c1ccc(-n2c3cc(-c4ccc(N(c5ccc(-c6ccc7ccccc7c6)cc5)c5ccc6c(ccc7ccccc76)c5)cc4)ccc3c3ccc4ccccc4c32)cc1. The predicted molar refractivity (Wildman–Crippen MR) is 256 cm³/mol. The van der Waals surface area contributed by atoms with Crippen LogP contribution in [-0.4, -0.2) is 4.57 Å². The van der Waals surface area contributed by atoms with Crippen LogP contribution in [0.25, 0.3) is 92.8 Å². The van der Waals surface area contributed by atoms with Gasteiger partial charge in [0.2, 0.25) is 0 Å². The van der Waals surface area contributed by atoms with Crippen molar-refractivity contribution in [2.45, 2.75) is 0 Å². The number of hydrogen-bond donors (Lipinski definition) is 0. The molecule has 12 aromatic rings. The summed E-state index contributed by atoms with van der Waals surface area (Å²) in [5, 5.41) is 12.5. The fraction of sp³-hybridized carbons (Fsp3) is 0. The number of fused-ring (bicyclic) bond motifs is 9. The molecule has 2 heteroatoms. The monoisotopic (exact) mass is 762 g/mol. The maximum atomic E-state index is 2.44. The van der Waals surface area contributed by atoms with E-state index in [1.54, 1.807) is 0 Å². The third-order valence-corrected chi connectivity index (χ3v) is 12.3. The van der Waals surface area contributed by atoms with Crippen LogP contribution < -0.4 is 4.90 Å². The van der Waals surface area contributed by atoms with Gasteiger partial charge in [0.15, 0.2) is 0 Å². The number of hydrogen-bond acceptors (Lipinski definition) is 1. The highest BCUT2D eigenvalue weighted by Gasteiger charge is 2.18. The van der Waals surface area contributed by atoms with Crippen molar-refractivity contribution in [2.75, 3.05) is 4.90 Å². The first kappa shape index (κ1) is 34.1. The molecular formula is C58H38N2. The molecule has 11 aromatic carbocycles. The van der Waals surface area contributed by atoms with E-state index in [1.165, 1.54) is 87.1 Å². The number of rotatable bonds is 6. The smallest absolute Gasteiger partial charge is 0.0619 e. The first-order valence-corrected chi connectivity index (χ1v) is 20.7. The van der Waals surface area contributed by atoms with Crippen LogP contribution in [0.3, 0.4) is 0 Å².